The number of phenols is 6. The van der Waals surface area contributed by atoms with E-state index in [1.165, 1.54) is 30.3 Å². The van der Waals surface area contributed by atoms with Crippen molar-refractivity contribution in [3.05, 3.63) is 65.2 Å². The topological polar surface area (TPSA) is 227 Å². The number of carbonyl (C=O) groups is 1. The van der Waals surface area contributed by atoms with Crippen LogP contribution in [-0.4, -0.2) is 89.2 Å². The van der Waals surface area contributed by atoms with Gasteiger partial charge in [-0.05, 0) is 47.5 Å². The molecule has 0 bridgehead atoms. The van der Waals surface area contributed by atoms with E-state index >= 15 is 0 Å². The van der Waals surface area contributed by atoms with Crippen LogP contribution in [0.25, 0.3) is 12.2 Å². The summed E-state index contributed by atoms with van der Waals surface area (Å²) >= 11 is 0. The zero-order valence-electron chi connectivity index (χ0n) is 20.5. The van der Waals surface area contributed by atoms with Gasteiger partial charge in [0, 0.05) is 6.07 Å². The highest BCUT2D eigenvalue weighted by molar-refractivity contribution is 5.91. The minimum atomic E-state index is -1.77. The Balaban J connectivity index is 1.45. The number of hydrogen-bond acceptors (Lipinski definition) is 13. The fraction of sp³-hybridized carbons (Fsp3) is 0.222. The van der Waals surface area contributed by atoms with E-state index in [9.17, 15) is 50.8 Å². The number of esters is 1. The van der Waals surface area contributed by atoms with E-state index in [1.54, 1.807) is 18.2 Å². The van der Waals surface area contributed by atoms with Crippen LogP contribution in [0.1, 0.15) is 21.5 Å². The molecule has 9 N–H and O–H groups in total. The predicted molar refractivity (Wildman–Crippen MR) is 136 cm³/mol. The number of aliphatic hydroxyl groups excluding tert-OH is 3. The van der Waals surface area contributed by atoms with E-state index in [2.05, 4.69) is 0 Å². The van der Waals surface area contributed by atoms with Gasteiger partial charge in [-0.25, -0.2) is 4.79 Å². The summed E-state index contributed by atoms with van der Waals surface area (Å²) < 4.78 is 16.2. The summed E-state index contributed by atoms with van der Waals surface area (Å²) in [6.07, 6.45) is -5.02. The van der Waals surface area contributed by atoms with E-state index in [1.807, 2.05) is 0 Å². The van der Waals surface area contributed by atoms with Crippen LogP contribution in [0.5, 0.6) is 40.2 Å². The third-order valence-corrected chi connectivity index (χ3v) is 5.99. The van der Waals surface area contributed by atoms with Crippen molar-refractivity contribution in [1.29, 1.82) is 0 Å². The Hall–Kier alpha value is -4.69. The molecule has 13 nitrogen and oxygen atoms in total. The molecule has 4 rings (SSSR count). The summed E-state index contributed by atoms with van der Waals surface area (Å²) in [7, 11) is 0. The number of aromatic hydroxyl groups is 6. The van der Waals surface area contributed by atoms with E-state index in [4.69, 9.17) is 14.2 Å². The maximum absolute atomic E-state index is 12.3. The first-order chi connectivity index (χ1) is 18.9. The minimum Gasteiger partial charge on any atom is -0.508 e. The average molecular weight is 558 g/mol. The van der Waals surface area contributed by atoms with Gasteiger partial charge in [0.1, 0.15) is 42.5 Å². The highest BCUT2D eigenvalue weighted by Crippen LogP contribution is 2.36. The molecule has 1 fully saturated rings. The summed E-state index contributed by atoms with van der Waals surface area (Å²) in [5.74, 6) is -4.24. The number of ether oxygens (including phenoxy) is 3. The number of rotatable bonds is 7. The summed E-state index contributed by atoms with van der Waals surface area (Å²) in [5, 5.41) is 88.8. The first-order valence-electron chi connectivity index (χ1n) is 11.8. The van der Waals surface area contributed by atoms with E-state index < -0.39 is 60.5 Å². The van der Waals surface area contributed by atoms with E-state index in [0.717, 1.165) is 12.1 Å². The monoisotopic (exact) mass is 558 g/mol. The van der Waals surface area contributed by atoms with Crippen molar-refractivity contribution in [2.24, 2.45) is 0 Å². The van der Waals surface area contributed by atoms with Gasteiger partial charge in [0.25, 0.3) is 0 Å². The Labute approximate surface area is 226 Å². The summed E-state index contributed by atoms with van der Waals surface area (Å²) in [6, 6.07) is 9.92. The van der Waals surface area contributed by atoms with Gasteiger partial charge in [0.2, 0.25) is 6.29 Å². The lowest BCUT2D eigenvalue weighted by molar-refractivity contribution is -0.277. The van der Waals surface area contributed by atoms with Crippen LogP contribution < -0.4 is 4.74 Å². The van der Waals surface area contributed by atoms with Crippen molar-refractivity contribution in [3.8, 4) is 40.2 Å². The van der Waals surface area contributed by atoms with Crippen LogP contribution >= 0.6 is 0 Å². The van der Waals surface area contributed by atoms with Gasteiger partial charge in [-0.15, -0.1) is 0 Å². The van der Waals surface area contributed by atoms with Crippen LogP contribution in [0.3, 0.4) is 0 Å². The molecule has 5 unspecified atom stereocenters. The van der Waals surface area contributed by atoms with Crippen LogP contribution in [-0.2, 0) is 9.47 Å². The molecule has 1 heterocycles. The first-order valence-corrected chi connectivity index (χ1v) is 11.8. The standard InChI is InChI=1S/C27H26O13/c28-15-5-13(2-1-12-3-4-17(29)18(30)7-12)6-16(10-15)39-27-25(36)24(35)23(34)21(40-27)11-38-26(37)14-8-19(31)22(33)20(32)9-14/h1-10,21,23-25,27-36H,11H2. The second-order valence-electron chi connectivity index (χ2n) is 8.94. The normalized spacial score (nSPS) is 22.7. The Bertz CT molecular complexity index is 1400. The molecule has 212 valence electrons. The average Bonchev–Trinajstić information content (AvgIpc) is 2.91. The molecule has 40 heavy (non-hydrogen) atoms. The lowest BCUT2D eigenvalue weighted by Crippen LogP contribution is -2.60. The lowest BCUT2D eigenvalue weighted by Gasteiger charge is -2.39. The number of hydrogen-bond donors (Lipinski definition) is 9. The van der Waals surface area contributed by atoms with Crippen LogP contribution in [0.4, 0.5) is 0 Å². The van der Waals surface area contributed by atoms with Crippen LogP contribution in [0.2, 0.25) is 0 Å². The minimum absolute atomic E-state index is 0.00614. The Kier molecular flexibility index (Phi) is 8.21. The maximum Gasteiger partial charge on any atom is 0.338 e. The number of phenolic OH excluding ortho intramolecular Hbond substituents is 6. The number of carbonyl (C=O) groups excluding carboxylic acids is 1. The van der Waals surface area contributed by atoms with Gasteiger partial charge >= 0.3 is 5.97 Å². The molecular weight excluding hydrogens is 532 g/mol. The molecular formula is C27H26O13. The van der Waals surface area contributed by atoms with Crippen molar-refractivity contribution in [3.63, 3.8) is 0 Å². The Morgan fingerprint density at radius 2 is 1.43 bits per heavy atom. The SMILES string of the molecule is O=C(OCC1OC(Oc2cc(O)cc(C=Cc3ccc(O)c(O)c3)c2)C(O)C(O)C1O)c1cc(O)c(O)c(O)c1. The zero-order chi connectivity index (χ0) is 29.1. The quantitative estimate of drug-likeness (QED) is 0.113. The van der Waals surface area contributed by atoms with Gasteiger partial charge in [0.15, 0.2) is 28.7 Å². The molecule has 3 aromatic carbocycles. The van der Waals surface area contributed by atoms with Crippen LogP contribution in [0, 0.1) is 0 Å². The largest absolute Gasteiger partial charge is 0.508 e. The van der Waals surface area contributed by atoms with Gasteiger partial charge < -0.3 is 60.2 Å². The maximum atomic E-state index is 12.3. The summed E-state index contributed by atoms with van der Waals surface area (Å²) in [6.45, 7) is -0.639. The number of aliphatic hydroxyl groups is 3. The molecule has 1 saturated heterocycles. The molecule has 0 amide bonds. The Morgan fingerprint density at radius 3 is 2.10 bits per heavy atom. The zero-order valence-corrected chi connectivity index (χ0v) is 20.5. The van der Waals surface area contributed by atoms with Crippen molar-refractivity contribution in [2.45, 2.75) is 30.7 Å². The summed E-state index contributed by atoms with van der Waals surface area (Å²) in [5.41, 5.74) is 0.646. The first kappa shape index (κ1) is 28.3. The van der Waals surface area contributed by atoms with Crippen LogP contribution in [0.15, 0.2) is 48.5 Å². The van der Waals surface area contributed by atoms with Crippen molar-refractivity contribution < 1.29 is 65.0 Å². The molecule has 0 spiro atoms. The third-order valence-electron chi connectivity index (χ3n) is 5.99. The molecule has 13 heteroatoms. The fourth-order valence-electron chi connectivity index (χ4n) is 3.86. The highest BCUT2D eigenvalue weighted by Gasteiger charge is 2.45. The van der Waals surface area contributed by atoms with E-state index in [0.29, 0.717) is 11.1 Å². The molecule has 1 aliphatic rings. The molecule has 3 aromatic rings. The van der Waals surface area contributed by atoms with Gasteiger partial charge in [-0.2, -0.15) is 0 Å². The molecule has 1 aliphatic heterocycles. The molecule has 0 aliphatic carbocycles. The molecule has 0 saturated carbocycles. The highest BCUT2D eigenvalue weighted by atomic mass is 16.7. The Morgan fingerprint density at radius 1 is 0.750 bits per heavy atom. The molecule has 0 aromatic heterocycles. The van der Waals surface area contributed by atoms with Gasteiger partial charge in [-0.1, -0.05) is 18.2 Å². The molecule has 5 atom stereocenters. The summed E-state index contributed by atoms with van der Waals surface area (Å²) in [4.78, 5) is 12.3. The predicted octanol–water partition coefficient (Wildman–Crippen LogP) is 1.13. The number of benzene rings is 3. The second-order valence-corrected chi connectivity index (χ2v) is 8.94. The third kappa shape index (κ3) is 6.30. The lowest BCUT2D eigenvalue weighted by atomic mass is 9.99. The van der Waals surface area contributed by atoms with E-state index in [-0.39, 0.29) is 28.6 Å². The van der Waals surface area contributed by atoms with Gasteiger partial charge in [-0.3, -0.25) is 0 Å². The second kappa shape index (κ2) is 11.6. The van der Waals surface area contributed by atoms with Crippen molar-refractivity contribution in [1.82, 2.24) is 0 Å². The molecule has 0 radical (unpaired) electrons. The van der Waals surface area contributed by atoms with Crippen molar-refractivity contribution >= 4 is 18.1 Å². The van der Waals surface area contributed by atoms with Crippen molar-refractivity contribution in [2.75, 3.05) is 6.61 Å². The van der Waals surface area contributed by atoms with Gasteiger partial charge in [0.05, 0.1) is 5.56 Å². The smallest absolute Gasteiger partial charge is 0.338 e. The fourth-order valence-corrected chi connectivity index (χ4v) is 3.86.